The molecule has 6 nitrogen and oxygen atoms in total. The lowest BCUT2D eigenvalue weighted by Crippen LogP contribution is -2.41. The van der Waals surface area contributed by atoms with Gasteiger partial charge in [-0.3, -0.25) is 25.2 Å². The molecule has 0 bridgehead atoms. The van der Waals surface area contributed by atoms with Crippen LogP contribution in [0.1, 0.15) is 54.8 Å². The summed E-state index contributed by atoms with van der Waals surface area (Å²) in [5, 5.41) is 0. The van der Waals surface area contributed by atoms with Gasteiger partial charge in [0.15, 0.2) is 5.78 Å². The molecule has 2 heterocycles. The third-order valence-electron chi connectivity index (χ3n) is 3.52. The number of carbonyl (C=O) groups excluding carboxylic acids is 3. The molecule has 2 N–H and O–H groups in total. The molecule has 2 amide bonds. The molecule has 0 fully saturated rings. The van der Waals surface area contributed by atoms with Crippen LogP contribution in [0.15, 0.2) is 16.5 Å². The predicted molar refractivity (Wildman–Crippen MR) is 91.1 cm³/mol. The highest BCUT2D eigenvalue weighted by Gasteiger charge is 2.16. The summed E-state index contributed by atoms with van der Waals surface area (Å²) in [4.78, 5) is 37.9. The quantitative estimate of drug-likeness (QED) is 0.642. The van der Waals surface area contributed by atoms with Gasteiger partial charge in [0, 0.05) is 28.2 Å². The number of hydrazine groups is 1. The third-order valence-corrected chi connectivity index (χ3v) is 4.49. The minimum Gasteiger partial charge on any atom is -0.466 e. The van der Waals surface area contributed by atoms with Crippen molar-refractivity contribution >= 4 is 28.9 Å². The van der Waals surface area contributed by atoms with E-state index in [-0.39, 0.29) is 18.6 Å². The van der Waals surface area contributed by atoms with Crippen molar-refractivity contribution in [2.24, 2.45) is 0 Å². The van der Waals surface area contributed by atoms with E-state index in [9.17, 15) is 14.4 Å². The average Bonchev–Trinajstić information content (AvgIpc) is 3.03. The second-order valence-corrected chi connectivity index (χ2v) is 7.04. The molecule has 0 radical (unpaired) electrons. The number of aryl methyl sites for hydroxylation is 4. The topological polar surface area (TPSA) is 88.4 Å². The Labute approximate surface area is 144 Å². The normalized spacial score (nSPS) is 10.5. The lowest BCUT2D eigenvalue weighted by Gasteiger charge is -2.06. The molecule has 2 aromatic rings. The second-order valence-electron chi connectivity index (χ2n) is 5.58. The first-order valence-corrected chi connectivity index (χ1v) is 8.36. The largest absolute Gasteiger partial charge is 0.466 e. The summed E-state index contributed by atoms with van der Waals surface area (Å²) in [6, 6.07) is 3.44. The maximum absolute atomic E-state index is 12.1. The second kappa shape index (κ2) is 7.44. The van der Waals surface area contributed by atoms with E-state index in [0.717, 1.165) is 9.75 Å². The van der Waals surface area contributed by atoms with Crippen molar-refractivity contribution in [3.05, 3.63) is 44.5 Å². The van der Waals surface area contributed by atoms with Gasteiger partial charge in [-0.1, -0.05) is 0 Å². The fourth-order valence-electron chi connectivity index (χ4n) is 2.38. The Bertz CT molecular complexity index is 724. The van der Waals surface area contributed by atoms with Crippen LogP contribution in [0.4, 0.5) is 0 Å². The molecule has 128 valence electrons. The number of amides is 2. The number of hydrogen-bond donors (Lipinski definition) is 2. The molecule has 2 rings (SSSR count). The number of nitrogens with one attached hydrogen (secondary N) is 2. The fraction of sp³-hybridized carbons (Fsp3) is 0.353. The fourth-order valence-corrected chi connectivity index (χ4v) is 3.32. The van der Waals surface area contributed by atoms with Gasteiger partial charge < -0.3 is 4.42 Å². The molecule has 7 heteroatoms. The first-order chi connectivity index (χ1) is 11.3. The Morgan fingerprint density at radius 3 is 2.25 bits per heavy atom. The van der Waals surface area contributed by atoms with Crippen molar-refractivity contribution in [2.45, 2.75) is 40.5 Å². The summed E-state index contributed by atoms with van der Waals surface area (Å²) in [6.07, 6.45) is 0.111. The average molecular weight is 348 g/mol. The minimum absolute atomic E-state index is 0.0108. The zero-order chi connectivity index (χ0) is 17.9. The van der Waals surface area contributed by atoms with Crippen LogP contribution in [0.5, 0.6) is 0 Å². The maximum atomic E-state index is 12.1. The van der Waals surface area contributed by atoms with Gasteiger partial charge in [-0.15, -0.1) is 11.3 Å². The smallest absolute Gasteiger partial charge is 0.273 e. The first kappa shape index (κ1) is 17.9. The van der Waals surface area contributed by atoms with Crippen molar-refractivity contribution in [3.8, 4) is 0 Å². The monoisotopic (exact) mass is 348 g/mol. The summed E-state index contributed by atoms with van der Waals surface area (Å²) in [5.41, 5.74) is 5.67. The summed E-state index contributed by atoms with van der Waals surface area (Å²) in [5.74, 6) is 0.167. The van der Waals surface area contributed by atoms with Gasteiger partial charge in [-0.25, -0.2) is 0 Å². The van der Waals surface area contributed by atoms with Crippen molar-refractivity contribution in [1.29, 1.82) is 0 Å². The van der Waals surface area contributed by atoms with Crippen LogP contribution in [-0.2, 0) is 4.79 Å². The molecule has 0 aromatic carbocycles. The van der Waals surface area contributed by atoms with Gasteiger partial charge in [-0.05, 0) is 39.8 Å². The Balaban J connectivity index is 1.81. The van der Waals surface area contributed by atoms with E-state index < -0.39 is 11.8 Å². The summed E-state index contributed by atoms with van der Waals surface area (Å²) >= 11 is 1.56. The van der Waals surface area contributed by atoms with Crippen molar-refractivity contribution in [2.75, 3.05) is 0 Å². The third kappa shape index (κ3) is 4.32. The van der Waals surface area contributed by atoms with E-state index >= 15 is 0 Å². The van der Waals surface area contributed by atoms with E-state index in [4.69, 9.17) is 4.42 Å². The van der Waals surface area contributed by atoms with E-state index in [1.807, 2.05) is 19.9 Å². The molecule has 0 aliphatic heterocycles. The highest BCUT2D eigenvalue weighted by molar-refractivity contribution is 7.12. The van der Waals surface area contributed by atoms with E-state index in [1.54, 1.807) is 31.3 Å². The van der Waals surface area contributed by atoms with E-state index in [1.165, 1.54) is 0 Å². The van der Waals surface area contributed by atoms with Crippen LogP contribution in [0.25, 0.3) is 0 Å². The highest BCUT2D eigenvalue weighted by Crippen LogP contribution is 2.22. The maximum Gasteiger partial charge on any atom is 0.273 e. The van der Waals surface area contributed by atoms with Gasteiger partial charge in [0.1, 0.15) is 11.5 Å². The highest BCUT2D eigenvalue weighted by atomic mass is 32.1. The van der Waals surface area contributed by atoms with Crippen molar-refractivity contribution < 1.29 is 18.8 Å². The minimum atomic E-state index is -0.451. The Hall–Kier alpha value is -2.41. The van der Waals surface area contributed by atoms with Gasteiger partial charge in [0.05, 0.1) is 5.56 Å². The summed E-state index contributed by atoms with van der Waals surface area (Å²) < 4.78 is 5.27. The summed E-state index contributed by atoms with van der Waals surface area (Å²) in [6.45, 7) is 7.24. The van der Waals surface area contributed by atoms with Crippen LogP contribution in [0.3, 0.4) is 0 Å². The number of thiophene rings is 1. The summed E-state index contributed by atoms with van der Waals surface area (Å²) in [7, 11) is 0. The Morgan fingerprint density at radius 2 is 1.71 bits per heavy atom. The standard InChI is InChI=1S/C17H20N2O4S/c1-9-7-13(11(3)23-9)17(22)19-18-16(21)6-5-15(20)14-8-10(2)24-12(14)4/h7-8H,5-6H2,1-4H3,(H,18,21)(H,19,22). The van der Waals surface area contributed by atoms with Crippen LogP contribution >= 0.6 is 11.3 Å². The lowest BCUT2D eigenvalue weighted by molar-refractivity contribution is -0.121. The van der Waals surface area contributed by atoms with Gasteiger partial charge in [0.2, 0.25) is 5.91 Å². The van der Waals surface area contributed by atoms with Crippen LogP contribution in [0, 0.1) is 27.7 Å². The van der Waals surface area contributed by atoms with Crippen molar-refractivity contribution in [3.63, 3.8) is 0 Å². The predicted octanol–water partition coefficient (Wildman–Crippen LogP) is 3.00. The van der Waals surface area contributed by atoms with E-state index in [2.05, 4.69) is 10.9 Å². The van der Waals surface area contributed by atoms with Crippen LogP contribution in [0.2, 0.25) is 0 Å². The van der Waals surface area contributed by atoms with Crippen LogP contribution in [-0.4, -0.2) is 17.6 Å². The molecular formula is C17H20N2O4S. The number of carbonyl (C=O) groups is 3. The number of Topliss-reactive ketones (excluding diaryl/α,β-unsaturated/α-hetero) is 1. The Morgan fingerprint density at radius 1 is 1.00 bits per heavy atom. The molecular weight excluding hydrogens is 328 g/mol. The zero-order valence-electron chi connectivity index (χ0n) is 14.1. The zero-order valence-corrected chi connectivity index (χ0v) is 14.9. The first-order valence-electron chi connectivity index (χ1n) is 7.54. The molecule has 24 heavy (non-hydrogen) atoms. The number of rotatable bonds is 5. The number of ketones is 1. The van der Waals surface area contributed by atoms with Gasteiger partial charge >= 0.3 is 0 Å². The van der Waals surface area contributed by atoms with Gasteiger partial charge in [-0.2, -0.15) is 0 Å². The molecule has 0 spiro atoms. The molecule has 0 aliphatic carbocycles. The number of hydrogen-bond acceptors (Lipinski definition) is 5. The molecule has 2 aromatic heterocycles. The van der Waals surface area contributed by atoms with Gasteiger partial charge in [0.25, 0.3) is 5.91 Å². The molecule has 0 atom stereocenters. The number of furan rings is 1. The Kier molecular flexibility index (Phi) is 5.56. The van der Waals surface area contributed by atoms with Crippen LogP contribution < -0.4 is 10.9 Å². The molecule has 0 saturated heterocycles. The lowest BCUT2D eigenvalue weighted by atomic mass is 10.1. The molecule has 0 unspecified atom stereocenters. The molecule has 0 saturated carbocycles. The SMILES string of the molecule is Cc1cc(C(=O)NNC(=O)CCC(=O)c2cc(C)sc2C)c(C)o1. The van der Waals surface area contributed by atoms with E-state index in [0.29, 0.717) is 22.6 Å². The van der Waals surface area contributed by atoms with Crippen molar-refractivity contribution in [1.82, 2.24) is 10.9 Å². The molecule has 0 aliphatic rings.